The second-order valence-electron chi connectivity index (χ2n) is 6.27. The SMILES string of the molecule is CCCn1c(C2(CN)CCCCC2)nc2ccc(Cl)cc21. The summed E-state index contributed by atoms with van der Waals surface area (Å²) in [5, 5.41) is 0.775. The van der Waals surface area contributed by atoms with Crippen LogP contribution in [0.3, 0.4) is 0 Å². The number of rotatable bonds is 4. The monoisotopic (exact) mass is 305 g/mol. The van der Waals surface area contributed by atoms with Crippen LogP contribution in [0.1, 0.15) is 51.3 Å². The van der Waals surface area contributed by atoms with Gasteiger partial charge >= 0.3 is 0 Å². The quantitative estimate of drug-likeness (QED) is 0.917. The van der Waals surface area contributed by atoms with Gasteiger partial charge < -0.3 is 10.3 Å². The third kappa shape index (κ3) is 2.58. The minimum Gasteiger partial charge on any atom is -0.329 e. The number of aryl methyl sites for hydroxylation is 1. The van der Waals surface area contributed by atoms with Crippen LogP contribution in [-0.4, -0.2) is 16.1 Å². The molecule has 1 aliphatic carbocycles. The molecule has 0 radical (unpaired) electrons. The highest BCUT2D eigenvalue weighted by molar-refractivity contribution is 6.31. The zero-order valence-electron chi connectivity index (χ0n) is 12.7. The summed E-state index contributed by atoms with van der Waals surface area (Å²) in [7, 11) is 0. The van der Waals surface area contributed by atoms with Crippen molar-refractivity contribution in [3.8, 4) is 0 Å². The molecule has 0 aliphatic heterocycles. The molecule has 1 heterocycles. The number of hydrogen-bond acceptors (Lipinski definition) is 2. The van der Waals surface area contributed by atoms with E-state index in [-0.39, 0.29) is 5.41 Å². The smallest absolute Gasteiger partial charge is 0.117 e. The number of aromatic nitrogens is 2. The van der Waals surface area contributed by atoms with E-state index >= 15 is 0 Å². The summed E-state index contributed by atoms with van der Waals surface area (Å²) in [5.74, 6) is 1.18. The van der Waals surface area contributed by atoms with E-state index < -0.39 is 0 Å². The van der Waals surface area contributed by atoms with E-state index in [0.717, 1.165) is 41.9 Å². The third-order valence-corrected chi connectivity index (χ3v) is 5.07. The first-order valence-corrected chi connectivity index (χ1v) is 8.44. The highest BCUT2D eigenvalue weighted by atomic mass is 35.5. The van der Waals surface area contributed by atoms with Gasteiger partial charge in [0.1, 0.15) is 5.82 Å². The Balaban J connectivity index is 2.18. The molecule has 2 N–H and O–H groups in total. The molecule has 0 unspecified atom stereocenters. The van der Waals surface area contributed by atoms with Crippen LogP contribution in [0, 0.1) is 0 Å². The molecule has 3 nitrogen and oxygen atoms in total. The van der Waals surface area contributed by atoms with E-state index in [1.165, 1.54) is 25.1 Å². The van der Waals surface area contributed by atoms with Crippen molar-refractivity contribution < 1.29 is 0 Å². The van der Waals surface area contributed by atoms with Crippen molar-refractivity contribution in [1.29, 1.82) is 0 Å². The normalized spacial score (nSPS) is 18.2. The highest BCUT2D eigenvalue weighted by Gasteiger charge is 2.37. The van der Waals surface area contributed by atoms with Gasteiger partial charge in [-0.05, 0) is 37.5 Å². The van der Waals surface area contributed by atoms with E-state index in [4.69, 9.17) is 22.3 Å². The Bertz CT molecular complexity index is 626. The van der Waals surface area contributed by atoms with Crippen LogP contribution in [-0.2, 0) is 12.0 Å². The fraction of sp³-hybridized carbons (Fsp3) is 0.588. The number of nitrogens with zero attached hydrogens (tertiary/aromatic N) is 2. The Labute approximate surface area is 131 Å². The molecule has 0 bridgehead atoms. The second-order valence-corrected chi connectivity index (χ2v) is 6.70. The summed E-state index contributed by atoms with van der Waals surface area (Å²) in [4.78, 5) is 4.96. The van der Waals surface area contributed by atoms with Gasteiger partial charge in [-0.3, -0.25) is 0 Å². The lowest BCUT2D eigenvalue weighted by Gasteiger charge is -2.36. The maximum Gasteiger partial charge on any atom is 0.117 e. The van der Waals surface area contributed by atoms with Crippen molar-refractivity contribution in [2.24, 2.45) is 5.73 Å². The summed E-state index contributed by atoms with van der Waals surface area (Å²) in [6.45, 7) is 3.87. The summed E-state index contributed by atoms with van der Waals surface area (Å²) in [6, 6.07) is 5.99. The Kier molecular flexibility index (Phi) is 4.23. The first-order valence-electron chi connectivity index (χ1n) is 8.06. The second kappa shape index (κ2) is 5.98. The van der Waals surface area contributed by atoms with Crippen LogP contribution in [0.25, 0.3) is 11.0 Å². The lowest BCUT2D eigenvalue weighted by molar-refractivity contribution is 0.277. The summed E-state index contributed by atoms with van der Waals surface area (Å²) in [6.07, 6.45) is 7.24. The largest absolute Gasteiger partial charge is 0.329 e. The van der Waals surface area contributed by atoms with Crippen LogP contribution >= 0.6 is 11.6 Å². The van der Waals surface area contributed by atoms with E-state index in [9.17, 15) is 0 Å². The molecule has 0 amide bonds. The lowest BCUT2D eigenvalue weighted by Crippen LogP contribution is -2.39. The first-order chi connectivity index (χ1) is 10.2. The van der Waals surface area contributed by atoms with Crippen molar-refractivity contribution in [3.05, 3.63) is 29.0 Å². The molecule has 1 fully saturated rings. The molecule has 2 aromatic rings. The molecule has 1 aliphatic rings. The fourth-order valence-electron chi connectivity index (χ4n) is 3.70. The molecule has 0 saturated heterocycles. The molecule has 114 valence electrons. The zero-order valence-corrected chi connectivity index (χ0v) is 13.5. The van der Waals surface area contributed by atoms with Gasteiger partial charge in [-0.15, -0.1) is 0 Å². The zero-order chi connectivity index (χ0) is 14.9. The Morgan fingerprint density at radius 2 is 2.05 bits per heavy atom. The standard InChI is InChI=1S/C17H24ClN3/c1-2-10-21-15-11-13(18)6-7-14(15)20-16(21)17(12-19)8-4-3-5-9-17/h6-7,11H,2-5,8-10,12,19H2,1H3. The Morgan fingerprint density at radius 3 is 2.71 bits per heavy atom. The predicted octanol–water partition coefficient (Wildman–Crippen LogP) is 4.26. The van der Waals surface area contributed by atoms with Gasteiger partial charge in [0, 0.05) is 23.5 Å². The fourth-order valence-corrected chi connectivity index (χ4v) is 3.86. The molecular weight excluding hydrogens is 282 g/mol. The molecule has 21 heavy (non-hydrogen) atoms. The lowest BCUT2D eigenvalue weighted by atomic mass is 9.73. The Hall–Kier alpha value is -1.06. The summed E-state index contributed by atoms with van der Waals surface area (Å²) >= 11 is 6.19. The third-order valence-electron chi connectivity index (χ3n) is 4.83. The number of halogens is 1. The van der Waals surface area contributed by atoms with Crippen molar-refractivity contribution in [2.75, 3.05) is 6.54 Å². The first kappa shape index (κ1) is 14.9. The molecule has 0 atom stereocenters. The highest BCUT2D eigenvalue weighted by Crippen LogP contribution is 2.39. The minimum atomic E-state index is 0.0545. The molecule has 0 spiro atoms. The van der Waals surface area contributed by atoms with E-state index in [0.29, 0.717) is 6.54 Å². The van der Waals surface area contributed by atoms with Crippen molar-refractivity contribution in [2.45, 2.75) is 57.4 Å². The Morgan fingerprint density at radius 1 is 1.29 bits per heavy atom. The van der Waals surface area contributed by atoms with Gasteiger partial charge in [0.05, 0.1) is 11.0 Å². The predicted molar refractivity (Wildman–Crippen MR) is 88.9 cm³/mol. The van der Waals surface area contributed by atoms with Crippen LogP contribution in [0.2, 0.25) is 5.02 Å². The minimum absolute atomic E-state index is 0.0545. The number of hydrogen-bond donors (Lipinski definition) is 1. The van der Waals surface area contributed by atoms with E-state index in [1.807, 2.05) is 18.2 Å². The van der Waals surface area contributed by atoms with E-state index in [1.54, 1.807) is 0 Å². The number of benzene rings is 1. The molecule has 1 aromatic heterocycles. The van der Waals surface area contributed by atoms with E-state index in [2.05, 4.69) is 11.5 Å². The van der Waals surface area contributed by atoms with Crippen LogP contribution in [0.4, 0.5) is 0 Å². The summed E-state index contributed by atoms with van der Waals surface area (Å²) < 4.78 is 2.36. The van der Waals surface area contributed by atoms with Gasteiger partial charge in [0.2, 0.25) is 0 Å². The maximum atomic E-state index is 6.21. The number of fused-ring (bicyclic) bond motifs is 1. The molecule has 1 aromatic carbocycles. The molecule has 3 rings (SSSR count). The summed E-state index contributed by atoms with van der Waals surface area (Å²) in [5.41, 5.74) is 8.46. The maximum absolute atomic E-state index is 6.21. The molecule has 1 saturated carbocycles. The van der Waals surface area contributed by atoms with Crippen LogP contribution in [0.15, 0.2) is 18.2 Å². The van der Waals surface area contributed by atoms with Crippen molar-refractivity contribution in [3.63, 3.8) is 0 Å². The average molecular weight is 306 g/mol. The van der Waals surface area contributed by atoms with Crippen LogP contribution < -0.4 is 5.73 Å². The van der Waals surface area contributed by atoms with Gasteiger partial charge in [0.25, 0.3) is 0 Å². The molecular formula is C17H24ClN3. The number of nitrogens with two attached hydrogens (primary N) is 1. The van der Waals surface area contributed by atoms with Crippen molar-refractivity contribution in [1.82, 2.24) is 9.55 Å². The van der Waals surface area contributed by atoms with Gasteiger partial charge in [-0.1, -0.05) is 37.8 Å². The topological polar surface area (TPSA) is 43.8 Å². The van der Waals surface area contributed by atoms with Crippen LogP contribution in [0.5, 0.6) is 0 Å². The van der Waals surface area contributed by atoms with Gasteiger partial charge in [-0.2, -0.15) is 0 Å². The van der Waals surface area contributed by atoms with Gasteiger partial charge in [0.15, 0.2) is 0 Å². The van der Waals surface area contributed by atoms with Gasteiger partial charge in [-0.25, -0.2) is 4.98 Å². The average Bonchev–Trinajstić information content (AvgIpc) is 2.87. The molecule has 4 heteroatoms. The van der Waals surface area contributed by atoms with Crippen molar-refractivity contribution >= 4 is 22.6 Å². The number of imidazole rings is 1.